The monoisotopic (exact) mass is 330 g/mol. The number of carbonyl (C=O) groups excluding carboxylic acids is 1. The van der Waals surface area contributed by atoms with Gasteiger partial charge in [0, 0.05) is 31.7 Å². The maximum Gasteiger partial charge on any atom is 0.243 e. The molecule has 3 rings (SSSR count). The van der Waals surface area contributed by atoms with E-state index >= 15 is 0 Å². The lowest BCUT2D eigenvalue weighted by Crippen LogP contribution is -2.51. The summed E-state index contributed by atoms with van der Waals surface area (Å²) in [5.74, 6) is 0.211. The highest BCUT2D eigenvalue weighted by atomic mass is 16.5. The maximum atomic E-state index is 12.4. The Morgan fingerprint density at radius 2 is 2.25 bits per heavy atom. The van der Waals surface area contributed by atoms with Gasteiger partial charge in [0.1, 0.15) is 0 Å². The summed E-state index contributed by atoms with van der Waals surface area (Å²) >= 11 is 0. The van der Waals surface area contributed by atoms with E-state index < -0.39 is 0 Å². The molecule has 1 aliphatic heterocycles. The number of hydrogen-bond donors (Lipinski definition) is 1. The van der Waals surface area contributed by atoms with E-state index in [1.807, 2.05) is 30.9 Å². The van der Waals surface area contributed by atoms with E-state index in [2.05, 4.69) is 25.3 Å². The van der Waals surface area contributed by atoms with Crippen LogP contribution in [0.4, 0.5) is 5.95 Å². The standard InChI is InChI=1S/C16H22N6O2/c1-12-8-19-22(9-12)11-14-10-21(6-7-24-14)13(2)15(23)20-16-17-4-3-5-18-16/h3-5,8-9,13-14H,6-7,10-11H2,1-2H3,(H,17,18,20,23)/t13-,14-/m0/s1. The third kappa shape index (κ3) is 4.15. The van der Waals surface area contributed by atoms with Gasteiger partial charge in [-0.3, -0.25) is 19.7 Å². The fraction of sp³-hybridized carbons (Fsp3) is 0.500. The topological polar surface area (TPSA) is 85.2 Å². The number of aryl methyl sites for hydroxylation is 1. The van der Waals surface area contributed by atoms with E-state index in [1.54, 1.807) is 18.5 Å². The average molecular weight is 330 g/mol. The highest BCUT2D eigenvalue weighted by molar-refractivity contribution is 5.93. The third-order valence-corrected chi connectivity index (χ3v) is 4.05. The fourth-order valence-corrected chi connectivity index (χ4v) is 2.72. The summed E-state index contributed by atoms with van der Waals surface area (Å²) in [7, 11) is 0. The van der Waals surface area contributed by atoms with Gasteiger partial charge in [0.15, 0.2) is 0 Å². The van der Waals surface area contributed by atoms with Gasteiger partial charge in [0.25, 0.3) is 0 Å². The second kappa shape index (κ2) is 7.50. The zero-order valence-electron chi connectivity index (χ0n) is 13.9. The first-order chi connectivity index (χ1) is 11.6. The number of hydrogen-bond acceptors (Lipinski definition) is 6. The highest BCUT2D eigenvalue weighted by Crippen LogP contribution is 2.12. The van der Waals surface area contributed by atoms with Crippen molar-refractivity contribution in [2.75, 3.05) is 25.0 Å². The van der Waals surface area contributed by atoms with Crippen LogP contribution in [0, 0.1) is 6.92 Å². The smallest absolute Gasteiger partial charge is 0.243 e. The molecular weight excluding hydrogens is 308 g/mol. The summed E-state index contributed by atoms with van der Waals surface area (Å²) in [6.45, 7) is 6.58. The summed E-state index contributed by atoms with van der Waals surface area (Å²) in [6.07, 6.45) is 7.04. The predicted molar refractivity (Wildman–Crippen MR) is 88.4 cm³/mol. The first-order valence-corrected chi connectivity index (χ1v) is 8.04. The summed E-state index contributed by atoms with van der Waals surface area (Å²) in [6, 6.07) is 1.43. The number of ether oxygens (including phenoxy) is 1. The van der Waals surface area contributed by atoms with Crippen molar-refractivity contribution in [3.63, 3.8) is 0 Å². The molecule has 24 heavy (non-hydrogen) atoms. The summed E-state index contributed by atoms with van der Waals surface area (Å²) in [5, 5.41) is 7.04. The van der Waals surface area contributed by atoms with Crippen LogP contribution in [-0.2, 0) is 16.1 Å². The molecule has 0 saturated carbocycles. The fourth-order valence-electron chi connectivity index (χ4n) is 2.72. The Labute approximate surface area is 140 Å². The maximum absolute atomic E-state index is 12.4. The van der Waals surface area contributed by atoms with Gasteiger partial charge in [-0.05, 0) is 25.5 Å². The summed E-state index contributed by atoms with van der Waals surface area (Å²) in [4.78, 5) is 22.5. The van der Waals surface area contributed by atoms with Crippen LogP contribution < -0.4 is 5.32 Å². The normalized spacial score (nSPS) is 19.8. The lowest BCUT2D eigenvalue weighted by atomic mass is 10.2. The van der Waals surface area contributed by atoms with Crippen LogP contribution in [-0.4, -0.2) is 62.4 Å². The van der Waals surface area contributed by atoms with Crippen LogP contribution in [0.2, 0.25) is 0 Å². The Morgan fingerprint density at radius 1 is 1.46 bits per heavy atom. The molecule has 2 aromatic rings. The Morgan fingerprint density at radius 3 is 2.96 bits per heavy atom. The number of amides is 1. The molecule has 1 aliphatic rings. The van der Waals surface area contributed by atoms with Crippen LogP contribution in [0.25, 0.3) is 0 Å². The molecule has 2 atom stereocenters. The molecule has 0 aliphatic carbocycles. The first-order valence-electron chi connectivity index (χ1n) is 8.04. The minimum atomic E-state index is -0.278. The van der Waals surface area contributed by atoms with Crippen molar-refractivity contribution in [3.05, 3.63) is 36.4 Å². The molecule has 8 heteroatoms. The molecule has 1 amide bonds. The number of anilines is 1. The van der Waals surface area contributed by atoms with Gasteiger partial charge >= 0.3 is 0 Å². The van der Waals surface area contributed by atoms with E-state index in [1.165, 1.54) is 0 Å². The minimum Gasteiger partial charge on any atom is -0.374 e. The number of nitrogens with zero attached hydrogens (tertiary/aromatic N) is 5. The molecule has 128 valence electrons. The van der Waals surface area contributed by atoms with Crippen molar-refractivity contribution in [2.24, 2.45) is 0 Å². The number of rotatable bonds is 5. The van der Waals surface area contributed by atoms with Crippen LogP contribution in [0.5, 0.6) is 0 Å². The second-order valence-corrected chi connectivity index (χ2v) is 5.97. The third-order valence-electron chi connectivity index (χ3n) is 4.05. The SMILES string of the molecule is Cc1cnn(C[C@@H]2CN([C@@H](C)C(=O)Nc3ncccn3)CCO2)c1. The number of aromatic nitrogens is 4. The molecule has 0 radical (unpaired) electrons. The zero-order valence-corrected chi connectivity index (χ0v) is 13.9. The largest absolute Gasteiger partial charge is 0.374 e. The molecule has 8 nitrogen and oxygen atoms in total. The Bertz CT molecular complexity index is 674. The Hall–Kier alpha value is -2.32. The van der Waals surface area contributed by atoms with Gasteiger partial charge in [-0.2, -0.15) is 5.10 Å². The number of carbonyl (C=O) groups is 1. The second-order valence-electron chi connectivity index (χ2n) is 5.97. The average Bonchev–Trinajstić information content (AvgIpc) is 3.00. The molecule has 0 unspecified atom stereocenters. The van der Waals surface area contributed by atoms with Crippen molar-refractivity contribution >= 4 is 11.9 Å². The molecule has 0 aromatic carbocycles. The van der Waals surface area contributed by atoms with Gasteiger partial charge in [-0.25, -0.2) is 9.97 Å². The van der Waals surface area contributed by atoms with E-state index in [9.17, 15) is 4.79 Å². The van der Waals surface area contributed by atoms with Crippen LogP contribution in [0.3, 0.4) is 0 Å². The van der Waals surface area contributed by atoms with Crippen molar-refractivity contribution in [1.82, 2.24) is 24.6 Å². The molecule has 3 heterocycles. The van der Waals surface area contributed by atoms with Gasteiger partial charge < -0.3 is 4.74 Å². The van der Waals surface area contributed by atoms with Gasteiger partial charge in [-0.15, -0.1) is 0 Å². The van der Waals surface area contributed by atoms with Gasteiger partial charge in [-0.1, -0.05) is 0 Å². The lowest BCUT2D eigenvalue weighted by molar-refractivity contribution is -0.124. The highest BCUT2D eigenvalue weighted by Gasteiger charge is 2.28. The zero-order chi connectivity index (χ0) is 16.9. The van der Waals surface area contributed by atoms with Crippen molar-refractivity contribution in [3.8, 4) is 0 Å². The van der Waals surface area contributed by atoms with Crippen LogP contribution in [0.1, 0.15) is 12.5 Å². The molecule has 2 aromatic heterocycles. The van der Waals surface area contributed by atoms with Crippen LogP contribution in [0.15, 0.2) is 30.9 Å². The molecule has 1 fully saturated rings. The van der Waals surface area contributed by atoms with Crippen molar-refractivity contribution in [1.29, 1.82) is 0 Å². The first kappa shape index (κ1) is 16.5. The molecule has 0 spiro atoms. The minimum absolute atomic E-state index is 0.0151. The van der Waals surface area contributed by atoms with Crippen molar-refractivity contribution in [2.45, 2.75) is 32.5 Å². The van der Waals surface area contributed by atoms with Crippen molar-refractivity contribution < 1.29 is 9.53 Å². The Kier molecular flexibility index (Phi) is 5.17. The molecular formula is C16H22N6O2. The summed E-state index contributed by atoms with van der Waals surface area (Å²) in [5.41, 5.74) is 1.12. The summed E-state index contributed by atoms with van der Waals surface area (Å²) < 4.78 is 7.69. The van der Waals surface area contributed by atoms with E-state index in [4.69, 9.17) is 4.74 Å². The lowest BCUT2D eigenvalue weighted by Gasteiger charge is -2.35. The number of morpholine rings is 1. The van der Waals surface area contributed by atoms with E-state index in [-0.39, 0.29) is 18.1 Å². The molecule has 0 bridgehead atoms. The number of nitrogens with one attached hydrogen (secondary N) is 1. The van der Waals surface area contributed by atoms with E-state index in [0.29, 0.717) is 25.6 Å². The molecule has 1 saturated heterocycles. The van der Waals surface area contributed by atoms with Crippen LogP contribution >= 0.6 is 0 Å². The Balaban J connectivity index is 1.56. The quantitative estimate of drug-likeness (QED) is 0.869. The van der Waals surface area contributed by atoms with E-state index in [0.717, 1.165) is 12.1 Å². The van der Waals surface area contributed by atoms with Gasteiger partial charge in [0.05, 0.1) is 31.5 Å². The predicted octanol–water partition coefficient (Wildman–Crippen LogP) is 0.710. The molecule has 1 N–H and O–H groups in total. The van der Waals surface area contributed by atoms with Gasteiger partial charge in [0.2, 0.25) is 11.9 Å².